The van der Waals surface area contributed by atoms with E-state index in [0.717, 1.165) is 0 Å². The van der Waals surface area contributed by atoms with E-state index in [2.05, 4.69) is 11.7 Å². The van der Waals surface area contributed by atoms with Gasteiger partial charge < -0.3 is 9.47 Å². The lowest BCUT2D eigenvalue weighted by atomic mass is 10.5. The van der Waals surface area contributed by atoms with Crippen molar-refractivity contribution in [2.24, 2.45) is 0 Å². The SMILES string of the molecule is [CH2]CCOC(=O)COCC. The van der Waals surface area contributed by atoms with Crippen LogP contribution in [0.15, 0.2) is 0 Å². The van der Waals surface area contributed by atoms with Gasteiger partial charge in [-0.25, -0.2) is 4.79 Å². The second kappa shape index (κ2) is 6.55. The molecule has 0 aliphatic heterocycles. The van der Waals surface area contributed by atoms with Gasteiger partial charge in [0, 0.05) is 6.61 Å². The van der Waals surface area contributed by atoms with Crippen molar-refractivity contribution < 1.29 is 14.3 Å². The summed E-state index contributed by atoms with van der Waals surface area (Å²) in [4.78, 5) is 10.6. The van der Waals surface area contributed by atoms with Crippen LogP contribution >= 0.6 is 0 Å². The number of hydrogen-bond donors (Lipinski definition) is 0. The molecule has 0 saturated carbocycles. The highest BCUT2D eigenvalue weighted by Crippen LogP contribution is 1.83. The van der Waals surface area contributed by atoms with Crippen molar-refractivity contribution in [3.8, 4) is 0 Å². The van der Waals surface area contributed by atoms with Gasteiger partial charge >= 0.3 is 5.97 Å². The van der Waals surface area contributed by atoms with Crippen molar-refractivity contribution in [3.05, 3.63) is 6.92 Å². The summed E-state index contributed by atoms with van der Waals surface area (Å²) in [6, 6.07) is 0. The fourth-order valence-corrected chi connectivity index (χ4v) is 0.413. The Morgan fingerprint density at radius 2 is 2.30 bits per heavy atom. The predicted molar refractivity (Wildman–Crippen MR) is 37.4 cm³/mol. The summed E-state index contributed by atoms with van der Waals surface area (Å²) in [6.45, 7) is 6.32. The third-order valence-electron chi connectivity index (χ3n) is 0.831. The normalized spacial score (nSPS) is 9.40. The molecule has 0 aromatic carbocycles. The zero-order chi connectivity index (χ0) is 7.82. The van der Waals surface area contributed by atoms with E-state index < -0.39 is 0 Å². The number of hydrogen-bond acceptors (Lipinski definition) is 3. The molecule has 3 nitrogen and oxygen atoms in total. The quantitative estimate of drug-likeness (QED) is 0.536. The Morgan fingerprint density at radius 1 is 1.60 bits per heavy atom. The van der Waals surface area contributed by atoms with Crippen LogP contribution in [0.25, 0.3) is 0 Å². The van der Waals surface area contributed by atoms with Crippen LogP contribution in [0.1, 0.15) is 13.3 Å². The van der Waals surface area contributed by atoms with Crippen LogP contribution in [0.2, 0.25) is 0 Å². The lowest BCUT2D eigenvalue weighted by Crippen LogP contribution is -2.12. The number of rotatable bonds is 5. The number of carbonyl (C=O) groups is 1. The lowest BCUT2D eigenvalue weighted by Gasteiger charge is -2.01. The molecule has 0 aromatic rings. The van der Waals surface area contributed by atoms with E-state index in [-0.39, 0.29) is 12.6 Å². The summed E-state index contributed by atoms with van der Waals surface area (Å²) >= 11 is 0. The summed E-state index contributed by atoms with van der Waals surface area (Å²) in [5, 5.41) is 0. The maximum atomic E-state index is 10.6. The van der Waals surface area contributed by atoms with Gasteiger partial charge in [0.2, 0.25) is 0 Å². The predicted octanol–water partition coefficient (Wildman–Crippen LogP) is 0.790. The average Bonchev–Trinajstić information content (AvgIpc) is 1.97. The Balaban J connectivity index is 3.09. The van der Waals surface area contributed by atoms with Gasteiger partial charge in [-0.1, -0.05) is 0 Å². The summed E-state index contributed by atoms with van der Waals surface area (Å²) in [5.41, 5.74) is 0. The number of carbonyl (C=O) groups excluding carboxylic acids is 1. The van der Waals surface area contributed by atoms with Crippen LogP contribution in [0.3, 0.4) is 0 Å². The molecule has 1 radical (unpaired) electrons. The molecular formula is C7H13O3. The third kappa shape index (κ3) is 5.56. The molecule has 0 fully saturated rings. The summed E-state index contributed by atoms with van der Waals surface area (Å²) in [6.07, 6.45) is 0.609. The van der Waals surface area contributed by atoms with Crippen molar-refractivity contribution >= 4 is 5.97 Å². The minimum absolute atomic E-state index is 0.0521. The molecule has 3 heteroatoms. The van der Waals surface area contributed by atoms with E-state index in [4.69, 9.17) is 4.74 Å². The van der Waals surface area contributed by atoms with Crippen LogP contribution in [0.4, 0.5) is 0 Å². The van der Waals surface area contributed by atoms with Gasteiger partial charge in [0.1, 0.15) is 6.61 Å². The molecule has 0 rings (SSSR count). The van der Waals surface area contributed by atoms with Gasteiger partial charge in [-0.15, -0.1) is 0 Å². The fraction of sp³-hybridized carbons (Fsp3) is 0.714. The first-order valence-corrected chi connectivity index (χ1v) is 3.33. The zero-order valence-electron chi connectivity index (χ0n) is 6.26. The zero-order valence-corrected chi connectivity index (χ0v) is 6.26. The van der Waals surface area contributed by atoms with Gasteiger partial charge in [0.05, 0.1) is 6.61 Å². The van der Waals surface area contributed by atoms with E-state index >= 15 is 0 Å². The van der Waals surface area contributed by atoms with E-state index in [1.807, 2.05) is 6.92 Å². The molecule has 0 aliphatic carbocycles. The molecule has 59 valence electrons. The number of esters is 1. The summed E-state index contributed by atoms with van der Waals surface area (Å²) in [5.74, 6) is -0.314. The molecule has 0 aromatic heterocycles. The molecule has 0 aliphatic rings. The third-order valence-corrected chi connectivity index (χ3v) is 0.831. The van der Waals surface area contributed by atoms with Crippen molar-refractivity contribution in [2.75, 3.05) is 19.8 Å². The maximum Gasteiger partial charge on any atom is 0.332 e. The summed E-state index contributed by atoms with van der Waals surface area (Å²) in [7, 11) is 0. The molecule has 0 N–H and O–H groups in total. The Labute approximate surface area is 61.3 Å². The van der Waals surface area contributed by atoms with Gasteiger partial charge in [-0.05, 0) is 20.3 Å². The second-order valence-electron chi connectivity index (χ2n) is 1.71. The van der Waals surface area contributed by atoms with Crippen LogP contribution in [0, 0.1) is 6.92 Å². The Bertz CT molecular complexity index is 80.9. The van der Waals surface area contributed by atoms with Gasteiger partial charge in [0.25, 0.3) is 0 Å². The highest BCUT2D eigenvalue weighted by Gasteiger charge is 1.99. The minimum Gasteiger partial charge on any atom is -0.464 e. The standard InChI is InChI=1S/C7H13O3/c1-3-5-10-7(8)6-9-4-2/h1,3-6H2,2H3. The molecule has 0 bridgehead atoms. The fourth-order valence-electron chi connectivity index (χ4n) is 0.413. The highest BCUT2D eigenvalue weighted by atomic mass is 16.6. The molecule has 0 heterocycles. The second-order valence-corrected chi connectivity index (χ2v) is 1.71. The molecule has 0 amide bonds. The van der Waals surface area contributed by atoms with Crippen LogP contribution in [0.5, 0.6) is 0 Å². The van der Waals surface area contributed by atoms with E-state index in [9.17, 15) is 4.79 Å². The molecular weight excluding hydrogens is 132 g/mol. The molecule has 10 heavy (non-hydrogen) atoms. The largest absolute Gasteiger partial charge is 0.464 e. The van der Waals surface area contributed by atoms with Crippen molar-refractivity contribution in [1.29, 1.82) is 0 Å². The van der Waals surface area contributed by atoms with E-state index in [0.29, 0.717) is 19.6 Å². The van der Waals surface area contributed by atoms with Gasteiger partial charge in [-0.3, -0.25) is 0 Å². The van der Waals surface area contributed by atoms with Crippen molar-refractivity contribution in [2.45, 2.75) is 13.3 Å². The Hall–Kier alpha value is -0.570. The van der Waals surface area contributed by atoms with Gasteiger partial charge in [-0.2, -0.15) is 0 Å². The van der Waals surface area contributed by atoms with Crippen LogP contribution in [-0.2, 0) is 14.3 Å². The Morgan fingerprint density at radius 3 is 2.80 bits per heavy atom. The minimum atomic E-state index is -0.314. The average molecular weight is 145 g/mol. The monoisotopic (exact) mass is 145 g/mol. The smallest absolute Gasteiger partial charge is 0.332 e. The molecule has 0 saturated heterocycles. The molecule has 0 atom stereocenters. The first kappa shape index (κ1) is 9.43. The first-order valence-electron chi connectivity index (χ1n) is 3.33. The first-order chi connectivity index (χ1) is 4.81. The lowest BCUT2D eigenvalue weighted by molar-refractivity contribution is -0.148. The van der Waals surface area contributed by atoms with E-state index in [1.165, 1.54) is 0 Å². The number of ether oxygens (including phenoxy) is 2. The van der Waals surface area contributed by atoms with Crippen molar-refractivity contribution in [1.82, 2.24) is 0 Å². The highest BCUT2D eigenvalue weighted by molar-refractivity contribution is 5.70. The molecule has 0 spiro atoms. The van der Waals surface area contributed by atoms with Crippen molar-refractivity contribution in [3.63, 3.8) is 0 Å². The molecule has 0 unspecified atom stereocenters. The Kier molecular flexibility index (Phi) is 6.18. The maximum absolute atomic E-state index is 10.6. The summed E-state index contributed by atoms with van der Waals surface area (Å²) < 4.78 is 9.46. The van der Waals surface area contributed by atoms with Gasteiger partial charge in [0.15, 0.2) is 0 Å². The van der Waals surface area contributed by atoms with Crippen LogP contribution < -0.4 is 0 Å². The van der Waals surface area contributed by atoms with E-state index in [1.54, 1.807) is 0 Å². The van der Waals surface area contributed by atoms with Crippen LogP contribution in [-0.4, -0.2) is 25.8 Å². The topological polar surface area (TPSA) is 35.5 Å².